The first-order valence-electron chi connectivity index (χ1n) is 8.75. The molecule has 2 atom stereocenters. The summed E-state index contributed by atoms with van der Waals surface area (Å²) in [5.41, 5.74) is 0.208. The first-order chi connectivity index (χ1) is 9.79. The lowest BCUT2D eigenvalue weighted by Gasteiger charge is -2.45. The summed E-state index contributed by atoms with van der Waals surface area (Å²) in [6, 6.07) is 0.512. The van der Waals surface area contributed by atoms with E-state index in [0.29, 0.717) is 6.04 Å². The van der Waals surface area contributed by atoms with E-state index in [0.717, 1.165) is 32.3 Å². The summed E-state index contributed by atoms with van der Waals surface area (Å²) in [5, 5.41) is 3.72. The Balaban J connectivity index is 1.92. The molecule has 1 aliphatic heterocycles. The minimum absolute atomic E-state index is 0.208. The van der Waals surface area contributed by atoms with E-state index in [-0.39, 0.29) is 5.60 Å². The zero-order valence-electron chi connectivity index (χ0n) is 13.5. The van der Waals surface area contributed by atoms with Gasteiger partial charge in [0.2, 0.25) is 0 Å². The second-order valence-electron chi connectivity index (χ2n) is 6.57. The predicted octanol–water partition coefficient (Wildman–Crippen LogP) is 3.52. The minimum Gasteiger partial charge on any atom is -0.380 e. The van der Waals surface area contributed by atoms with Crippen molar-refractivity contribution in [1.29, 1.82) is 0 Å². The molecule has 0 aromatic rings. The van der Waals surface area contributed by atoms with Crippen LogP contribution in [0.4, 0.5) is 0 Å². The highest BCUT2D eigenvalue weighted by atomic mass is 16.5. The van der Waals surface area contributed by atoms with Crippen LogP contribution < -0.4 is 5.32 Å². The molecule has 1 aliphatic carbocycles. The molecule has 1 heterocycles. The Bertz CT molecular complexity index is 250. The monoisotopic (exact) mass is 283 g/mol. The molecule has 2 aliphatic rings. The smallest absolute Gasteiger partial charge is 0.0685 e. The van der Waals surface area contributed by atoms with Gasteiger partial charge in [0, 0.05) is 19.3 Å². The molecule has 1 spiro atoms. The summed E-state index contributed by atoms with van der Waals surface area (Å²) in [5.74, 6) is 0.722. The Morgan fingerprint density at radius 3 is 2.75 bits per heavy atom. The van der Waals surface area contributed by atoms with Crippen LogP contribution in [-0.2, 0) is 9.47 Å². The van der Waals surface area contributed by atoms with Gasteiger partial charge in [-0.1, -0.05) is 26.2 Å². The van der Waals surface area contributed by atoms with Gasteiger partial charge in [0.05, 0.1) is 12.2 Å². The molecule has 0 aromatic heterocycles. The van der Waals surface area contributed by atoms with Gasteiger partial charge in [0.25, 0.3) is 0 Å². The molecule has 0 aromatic carbocycles. The molecule has 2 unspecified atom stereocenters. The Labute approximate surface area is 124 Å². The quantitative estimate of drug-likeness (QED) is 0.775. The number of nitrogens with one attached hydrogen (secondary N) is 1. The molecule has 1 saturated heterocycles. The fourth-order valence-corrected chi connectivity index (χ4v) is 3.89. The molecule has 20 heavy (non-hydrogen) atoms. The maximum Gasteiger partial charge on any atom is 0.0685 e. The van der Waals surface area contributed by atoms with Crippen LogP contribution in [0.5, 0.6) is 0 Å². The number of ether oxygens (including phenoxy) is 2. The number of hydrogen-bond acceptors (Lipinski definition) is 3. The van der Waals surface area contributed by atoms with E-state index in [1.54, 1.807) is 0 Å². The van der Waals surface area contributed by atoms with Crippen LogP contribution in [0.1, 0.15) is 65.2 Å². The van der Waals surface area contributed by atoms with Gasteiger partial charge in [-0.25, -0.2) is 0 Å². The first kappa shape index (κ1) is 16.3. The van der Waals surface area contributed by atoms with E-state index >= 15 is 0 Å². The molecule has 3 nitrogen and oxygen atoms in total. The molecular weight excluding hydrogens is 250 g/mol. The van der Waals surface area contributed by atoms with E-state index in [4.69, 9.17) is 9.47 Å². The molecule has 2 fully saturated rings. The topological polar surface area (TPSA) is 30.5 Å². The SMILES string of the molecule is CCCNC(COCC)C1CCOC2(CCCCC2)C1. The molecule has 118 valence electrons. The lowest BCUT2D eigenvalue weighted by Crippen LogP contribution is -2.49. The van der Waals surface area contributed by atoms with Gasteiger partial charge in [-0.3, -0.25) is 0 Å². The van der Waals surface area contributed by atoms with Gasteiger partial charge in [-0.2, -0.15) is 0 Å². The fraction of sp³-hybridized carbons (Fsp3) is 1.00. The fourth-order valence-electron chi connectivity index (χ4n) is 3.89. The summed E-state index contributed by atoms with van der Waals surface area (Å²) in [4.78, 5) is 0. The van der Waals surface area contributed by atoms with Crippen molar-refractivity contribution in [3.8, 4) is 0 Å². The molecule has 1 N–H and O–H groups in total. The summed E-state index contributed by atoms with van der Waals surface area (Å²) in [6.45, 7) is 8.04. The largest absolute Gasteiger partial charge is 0.380 e. The molecule has 0 radical (unpaired) electrons. The van der Waals surface area contributed by atoms with Gasteiger partial charge in [0.1, 0.15) is 0 Å². The van der Waals surface area contributed by atoms with Crippen molar-refractivity contribution in [3.05, 3.63) is 0 Å². The van der Waals surface area contributed by atoms with E-state index in [1.165, 1.54) is 51.4 Å². The second kappa shape index (κ2) is 8.35. The molecule has 0 amide bonds. The normalized spacial score (nSPS) is 27.6. The molecular formula is C17H33NO2. The van der Waals surface area contributed by atoms with Crippen molar-refractivity contribution in [2.45, 2.75) is 76.9 Å². The highest BCUT2D eigenvalue weighted by molar-refractivity contribution is 4.93. The maximum absolute atomic E-state index is 6.23. The molecule has 1 saturated carbocycles. The Morgan fingerprint density at radius 2 is 2.05 bits per heavy atom. The number of hydrogen-bond donors (Lipinski definition) is 1. The summed E-state index contributed by atoms with van der Waals surface area (Å²) in [6.07, 6.45) is 10.3. The Kier molecular flexibility index (Phi) is 6.79. The van der Waals surface area contributed by atoms with Gasteiger partial charge in [-0.15, -0.1) is 0 Å². The molecule has 3 heteroatoms. The average Bonchev–Trinajstić information content (AvgIpc) is 2.48. The van der Waals surface area contributed by atoms with Crippen molar-refractivity contribution >= 4 is 0 Å². The van der Waals surface area contributed by atoms with Crippen LogP contribution in [-0.4, -0.2) is 38.0 Å². The van der Waals surface area contributed by atoms with E-state index in [1.807, 2.05) is 0 Å². The molecule has 0 bridgehead atoms. The Hall–Kier alpha value is -0.120. The van der Waals surface area contributed by atoms with Gasteiger partial charge in [-0.05, 0) is 51.5 Å². The van der Waals surface area contributed by atoms with Gasteiger partial charge in [0.15, 0.2) is 0 Å². The van der Waals surface area contributed by atoms with E-state index in [2.05, 4.69) is 19.2 Å². The second-order valence-corrected chi connectivity index (χ2v) is 6.57. The highest BCUT2D eigenvalue weighted by Crippen LogP contribution is 2.41. The van der Waals surface area contributed by atoms with Gasteiger partial charge >= 0.3 is 0 Å². The summed E-state index contributed by atoms with van der Waals surface area (Å²) >= 11 is 0. The van der Waals surface area contributed by atoms with Crippen LogP contribution in [0.15, 0.2) is 0 Å². The van der Waals surface area contributed by atoms with Crippen molar-refractivity contribution < 1.29 is 9.47 Å². The van der Waals surface area contributed by atoms with Crippen LogP contribution in [0.3, 0.4) is 0 Å². The average molecular weight is 283 g/mol. The summed E-state index contributed by atoms with van der Waals surface area (Å²) < 4.78 is 11.9. The predicted molar refractivity (Wildman–Crippen MR) is 83.1 cm³/mol. The molecule has 2 rings (SSSR count). The van der Waals surface area contributed by atoms with Crippen molar-refractivity contribution in [2.24, 2.45) is 5.92 Å². The van der Waals surface area contributed by atoms with Crippen LogP contribution in [0.25, 0.3) is 0 Å². The van der Waals surface area contributed by atoms with Crippen LogP contribution in [0, 0.1) is 5.92 Å². The Morgan fingerprint density at radius 1 is 1.25 bits per heavy atom. The maximum atomic E-state index is 6.23. The third-order valence-electron chi connectivity index (χ3n) is 5.02. The lowest BCUT2D eigenvalue weighted by atomic mass is 9.74. The van der Waals surface area contributed by atoms with E-state index in [9.17, 15) is 0 Å². The minimum atomic E-state index is 0.208. The zero-order chi connectivity index (χ0) is 14.3. The van der Waals surface area contributed by atoms with Crippen molar-refractivity contribution in [3.63, 3.8) is 0 Å². The third kappa shape index (κ3) is 4.44. The van der Waals surface area contributed by atoms with Crippen LogP contribution >= 0.6 is 0 Å². The summed E-state index contributed by atoms with van der Waals surface area (Å²) in [7, 11) is 0. The lowest BCUT2D eigenvalue weighted by molar-refractivity contribution is -0.124. The standard InChI is InChI=1S/C17H33NO2/c1-3-11-18-16(14-19-4-2)15-8-12-20-17(13-15)9-6-5-7-10-17/h15-16,18H,3-14H2,1-2H3. The first-order valence-corrected chi connectivity index (χ1v) is 8.75. The highest BCUT2D eigenvalue weighted by Gasteiger charge is 2.40. The third-order valence-corrected chi connectivity index (χ3v) is 5.02. The van der Waals surface area contributed by atoms with Crippen molar-refractivity contribution in [2.75, 3.05) is 26.4 Å². The zero-order valence-corrected chi connectivity index (χ0v) is 13.5. The van der Waals surface area contributed by atoms with E-state index < -0.39 is 0 Å². The van der Waals surface area contributed by atoms with Crippen LogP contribution in [0.2, 0.25) is 0 Å². The van der Waals surface area contributed by atoms with Gasteiger partial charge < -0.3 is 14.8 Å². The number of rotatable bonds is 7. The van der Waals surface area contributed by atoms with Crippen molar-refractivity contribution in [1.82, 2.24) is 5.32 Å².